The molecule has 1 heterocycles. The van der Waals surface area contributed by atoms with E-state index in [1.807, 2.05) is 30.9 Å². The van der Waals surface area contributed by atoms with Gasteiger partial charge in [0, 0.05) is 25.7 Å². The number of hydrogen-bond acceptors (Lipinski definition) is 3. The second-order valence-electron chi connectivity index (χ2n) is 5.21. The third-order valence-electron chi connectivity index (χ3n) is 3.64. The lowest BCUT2D eigenvalue weighted by atomic mass is 10.0. The molecule has 0 aromatic heterocycles. The number of hydrogen-bond donors (Lipinski definition) is 1. The van der Waals surface area contributed by atoms with Gasteiger partial charge in [-0.05, 0) is 38.0 Å². The van der Waals surface area contributed by atoms with Crippen molar-refractivity contribution in [3.8, 4) is 5.75 Å². The fraction of sp³-hybridized carbons (Fsp3) is 0.533. The van der Waals surface area contributed by atoms with Crippen molar-refractivity contribution in [3.63, 3.8) is 0 Å². The maximum absolute atomic E-state index is 12.7. The quantitative estimate of drug-likeness (QED) is 0.883. The van der Waals surface area contributed by atoms with E-state index in [4.69, 9.17) is 4.74 Å². The average Bonchev–Trinajstić information content (AvgIpc) is 2.37. The van der Waals surface area contributed by atoms with Crippen molar-refractivity contribution < 1.29 is 9.53 Å². The molecule has 0 bridgehead atoms. The third kappa shape index (κ3) is 2.73. The van der Waals surface area contributed by atoms with Crippen LogP contribution in [0.3, 0.4) is 0 Å². The summed E-state index contributed by atoms with van der Waals surface area (Å²) in [7, 11) is 1.62. The van der Waals surface area contributed by atoms with Gasteiger partial charge in [-0.15, -0.1) is 0 Å². The van der Waals surface area contributed by atoms with E-state index in [1.54, 1.807) is 7.11 Å². The van der Waals surface area contributed by atoms with Crippen molar-refractivity contribution >= 4 is 5.91 Å². The van der Waals surface area contributed by atoms with E-state index in [0.717, 1.165) is 30.8 Å². The monoisotopic (exact) mass is 262 g/mol. The molecule has 4 nitrogen and oxygen atoms in total. The van der Waals surface area contributed by atoms with Gasteiger partial charge in [0.25, 0.3) is 5.91 Å². The standard InChI is InChI=1S/C15H22N2O2/c1-10-7-11(2)14(13(8-10)19-4)15(18)17-6-5-16-9-12(17)3/h7-8,12,16H,5-6,9H2,1-4H3. The molecule has 1 atom stereocenters. The second kappa shape index (κ2) is 5.61. The van der Waals surface area contributed by atoms with E-state index >= 15 is 0 Å². The topological polar surface area (TPSA) is 41.6 Å². The number of ether oxygens (including phenoxy) is 1. The number of nitrogens with zero attached hydrogens (tertiary/aromatic N) is 1. The van der Waals surface area contributed by atoms with E-state index in [2.05, 4.69) is 12.2 Å². The number of methoxy groups -OCH3 is 1. The number of piperazine rings is 1. The van der Waals surface area contributed by atoms with Gasteiger partial charge in [0.15, 0.2) is 0 Å². The number of aryl methyl sites for hydroxylation is 2. The predicted molar refractivity (Wildman–Crippen MR) is 75.8 cm³/mol. The van der Waals surface area contributed by atoms with Gasteiger partial charge in [0.1, 0.15) is 5.75 Å². The summed E-state index contributed by atoms with van der Waals surface area (Å²) < 4.78 is 5.39. The molecule has 1 saturated heterocycles. The molecule has 1 amide bonds. The van der Waals surface area contributed by atoms with Crippen molar-refractivity contribution in [2.45, 2.75) is 26.8 Å². The van der Waals surface area contributed by atoms with Gasteiger partial charge in [0.05, 0.1) is 12.7 Å². The molecule has 1 aliphatic heterocycles. The zero-order chi connectivity index (χ0) is 14.0. The number of carbonyl (C=O) groups excluding carboxylic acids is 1. The summed E-state index contributed by atoms with van der Waals surface area (Å²) in [6, 6.07) is 4.17. The highest BCUT2D eigenvalue weighted by Gasteiger charge is 2.27. The van der Waals surface area contributed by atoms with Crippen LogP contribution in [-0.4, -0.2) is 43.6 Å². The third-order valence-corrected chi connectivity index (χ3v) is 3.64. The number of benzene rings is 1. The molecule has 1 aliphatic rings. The van der Waals surface area contributed by atoms with Gasteiger partial charge in [-0.25, -0.2) is 0 Å². The fourth-order valence-electron chi connectivity index (χ4n) is 2.65. The predicted octanol–water partition coefficient (Wildman–Crippen LogP) is 1.75. The fourth-order valence-corrected chi connectivity index (χ4v) is 2.65. The van der Waals surface area contributed by atoms with Crippen LogP contribution >= 0.6 is 0 Å². The SMILES string of the molecule is COc1cc(C)cc(C)c1C(=O)N1CCNCC1C. The second-order valence-corrected chi connectivity index (χ2v) is 5.21. The van der Waals surface area contributed by atoms with Crippen molar-refractivity contribution in [1.82, 2.24) is 10.2 Å². The van der Waals surface area contributed by atoms with Crippen LogP contribution in [0.15, 0.2) is 12.1 Å². The summed E-state index contributed by atoms with van der Waals surface area (Å²) in [4.78, 5) is 14.7. The largest absolute Gasteiger partial charge is 0.496 e. The van der Waals surface area contributed by atoms with Crippen LogP contribution in [-0.2, 0) is 0 Å². The Morgan fingerprint density at radius 3 is 2.79 bits per heavy atom. The highest BCUT2D eigenvalue weighted by molar-refractivity contribution is 5.98. The number of carbonyl (C=O) groups is 1. The summed E-state index contributed by atoms with van der Waals surface area (Å²) in [5.74, 6) is 0.747. The first kappa shape index (κ1) is 13.9. The molecule has 1 aromatic rings. The lowest BCUT2D eigenvalue weighted by Gasteiger charge is -2.34. The van der Waals surface area contributed by atoms with E-state index in [0.29, 0.717) is 11.3 Å². The summed E-state index contributed by atoms with van der Waals surface area (Å²) >= 11 is 0. The van der Waals surface area contributed by atoms with Crippen LogP contribution in [0.25, 0.3) is 0 Å². The first-order valence-corrected chi connectivity index (χ1v) is 6.71. The van der Waals surface area contributed by atoms with Crippen molar-refractivity contribution in [2.75, 3.05) is 26.7 Å². The average molecular weight is 262 g/mol. The van der Waals surface area contributed by atoms with Crippen molar-refractivity contribution in [1.29, 1.82) is 0 Å². The maximum Gasteiger partial charge on any atom is 0.258 e. The summed E-state index contributed by atoms with van der Waals surface area (Å²) in [5.41, 5.74) is 2.79. The molecule has 0 radical (unpaired) electrons. The Labute approximate surface area is 114 Å². The van der Waals surface area contributed by atoms with Gasteiger partial charge in [0.2, 0.25) is 0 Å². The molecule has 4 heteroatoms. The first-order valence-electron chi connectivity index (χ1n) is 6.71. The normalized spacial score (nSPS) is 19.4. The molecule has 2 rings (SSSR count). The van der Waals surface area contributed by atoms with Crippen molar-refractivity contribution in [2.24, 2.45) is 0 Å². The maximum atomic E-state index is 12.7. The van der Waals surface area contributed by atoms with Crippen LogP contribution in [0, 0.1) is 13.8 Å². The molecular weight excluding hydrogens is 240 g/mol. The molecule has 0 aliphatic carbocycles. The summed E-state index contributed by atoms with van der Waals surface area (Å²) in [5, 5.41) is 3.30. The van der Waals surface area contributed by atoms with Gasteiger partial charge >= 0.3 is 0 Å². The van der Waals surface area contributed by atoms with Crippen LogP contribution in [0.1, 0.15) is 28.4 Å². The summed E-state index contributed by atoms with van der Waals surface area (Å²) in [6.45, 7) is 8.49. The van der Waals surface area contributed by atoms with E-state index in [1.165, 1.54) is 0 Å². The van der Waals surface area contributed by atoms with E-state index < -0.39 is 0 Å². The number of nitrogens with one attached hydrogen (secondary N) is 1. The van der Waals surface area contributed by atoms with Crippen LogP contribution in [0.5, 0.6) is 5.75 Å². The molecule has 1 N–H and O–H groups in total. The minimum atomic E-state index is 0.0725. The number of rotatable bonds is 2. The molecule has 0 saturated carbocycles. The molecular formula is C15H22N2O2. The summed E-state index contributed by atoms with van der Waals surface area (Å²) in [6.07, 6.45) is 0. The number of amides is 1. The van der Waals surface area contributed by atoms with Gasteiger partial charge in [-0.3, -0.25) is 4.79 Å². The Bertz CT molecular complexity index is 485. The minimum absolute atomic E-state index is 0.0725. The molecule has 1 aromatic carbocycles. The Balaban J connectivity index is 2.37. The zero-order valence-electron chi connectivity index (χ0n) is 12.1. The van der Waals surface area contributed by atoms with Gasteiger partial charge < -0.3 is 15.0 Å². The van der Waals surface area contributed by atoms with Crippen LogP contribution in [0.4, 0.5) is 0 Å². The van der Waals surface area contributed by atoms with Crippen LogP contribution in [0.2, 0.25) is 0 Å². The smallest absolute Gasteiger partial charge is 0.258 e. The van der Waals surface area contributed by atoms with Gasteiger partial charge in [-0.1, -0.05) is 6.07 Å². The highest BCUT2D eigenvalue weighted by atomic mass is 16.5. The lowest BCUT2D eigenvalue weighted by molar-refractivity contribution is 0.0651. The minimum Gasteiger partial charge on any atom is -0.496 e. The Morgan fingerprint density at radius 1 is 1.42 bits per heavy atom. The van der Waals surface area contributed by atoms with E-state index in [-0.39, 0.29) is 11.9 Å². The molecule has 1 unspecified atom stereocenters. The Morgan fingerprint density at radius 2 is 2.16 bits per heavy atom. The zero-order valence-corrected chi connectivity index (χ0v) is 12.1. The first-order chi connectivity index (χ1) is 9.04. The molecule has 19 heavy (non-hydrogen) atoms. The molecule has 104 valence electrons. The Hall–Kier alpha value is -1.55. The van der Waals surface area contributed by atoms with E-state index in [9.17, 15) is 4.79 Å². The van der Waals surface area contributed by atoms with Crippen LogP contribution < -0.4 is 10.1 Å². The molecule has 0 spiro atoms. The lowest BCUT2D eigenvalue weighted by Crippen LogP contribution is -2.52. The van der Waals surface area contributed by atoms with Gasteiger partial charge in [-0.2, -0.15) is 0 Å². The molecule has 1 fully saturated rings. The van der Waals surface area contributed by atoms with Crippen molar-refractivity contribution in [3.05, 3.63) is 28.8 Å². The highest BCUT2D eigenvalue weighted by Crippen LogP contribution is 2.26. The Kier molecular flexibility index (Phi) is 4.10.